The van der Waals surface area contributed by atoms with Gasteiger partial charge in [0, 0.05) is 42.3 Å². The number of aliphatic carboxylic acids is 1. The summed E-state index contributed by atoms with van der Waals surface area (Å²) in [5.74, 6) is -3.83. The second-order valence-corrected chi connectivity index (χ2v) is 16.0. The first-order valence-corrected chi connectivity index (χ1v) is 18.6. The minimum Gasteiger partial charge on any atom is -0.508 e. The highest BCUT2D eigenvalue weighted by Crippen LogP contribution is 2.52. The molecule has 0 radical (unpaired) electrons. The number of nitrogens with one attached hydrogen (secondary N) is 2. The number of H-pyrrole nitrogens is 1. The summed E-state index contributed by atoms with van der Waals surface area (Å²) in [5.41, 5.74) is 7.56. The van der Waals surface area contributed by atoms with E-state index in [9.17, 15) is 43.8 Å². The van der Waals surface area contributed by atoms with E-state index in [1.165, 1.54) is 58.8 Å². The molecule has 1 aromatic heterocycles. The fraction of sp³-hybridized carbons (Fsp3) is 0.395. The average molecular weight is 775 g/mol. The molecule has 0 saturated carbocycles. The number of carboxylic acid groups (broad SMARTS) is 1. The Labute approximate surface area is 320 Å². The highest BCUT2D eigenvalue weighted by Gasteiger charge is 2.66. The van der Waals surface area contributed by atoms with Crippen LogP contribution >= 0.6 is 11.8 Å². The normalized spacial score (nSPS) is 23.0. The predicted octanol–water partition coefficient (Wildman–Crippen LogP) is 1.85. The molecule has 2 unspecified atom stereocenters. The first-order valence-electron chi connectivity index (χ1n) is 17.7. The molecule has 4 amide bonds. The fourth-order valence-electron chi connectivity index (χ4n) is 7.24. The lowest BCUT2D eigenvalue weighted by atomic mass is 9.94. The molecule has 3 aliphatic rings. The Morgan fingerprint density at radius 3 is 2.31 bits per heavy atom. The van der Waals surface area contributed by atoms with Crippen LogP contribution in [0.15, 0.2) is 65.5 Å². The summed E-state index contributed by atoms with van der Waals surface area (Å²) in [7, 11) is 0. The molecule has 17 heteroatoms. The zero-order valence-electron chi connectivity index (χ0n) is 30.6. The lowest BCUT2D eigenvalue weighted by molar-refractivity contribution is -0.169. The lowest BCUT2D eigenvalue weighted by Gasteiger charge is -2.48. The number of carbonyl (C=O) groups excluding carboxylic acids is 5. The summed E-state index contributed by atoms with van der Waals surface area (Å²) >= 11 is 1.26. The Hall–Kier alpha value is -5.52. The molecule has 6 rings (SSSR count). The van der Waals surface area contributed by atoms with Crippen molar-refractivity contribution in [1.82, 2.24) is 20.1 Å². The number of aromatic hydroxyl groups is 1. The number of thioether (sulfide) groups is 1. The molecule has 16 nitrogen and oxygen atoms in total. The number of benzene rings is 2. The van der Waals surface area contributed by atoms with Gasteiger partial charge in [0.15, 0.2) is 0 Å². The molecule has 3 saturated heterocycles. The van der Waals surface area contributed by atoms with Crippen molar-refractivity contribution in [2.75, 3.05) is 11.4 Å². The fourth-order valence-corrected chi connectivity index (χ4v) is 8.93. The Balaban J connectivity index is 1.23. The topological polar surface area (TPSA) is 233 Å². The van der Waals surface area contributed by atoms with Crippen LogP contribution in [-0.2, 0) is 40.0 Å². The largest absolute Gasteiger partial charge is 0.508 e. The predicted molar refractivity (Wildman–Crippen MR) is 200 cm³/mol. The van der Waals surface area contributed by atoms with Gasteiger partial charge in [0.2, 0.25) is 17.7 Å². The number of esters is 1. The molecule has 0 spiro atoms. The zero-order valence-corrected chi connectivity index (χ0v) is 31.4. The molecule has 3 aromatic rings. The van der Waals surface area contributed by atoms with Crippen molar-refractivity contribution in [2.45, 2.75) is 87.5 Å². The standard InChI is InChI=1S/C38H42N6O10S/c1-5-28(47)54-25-16-27(40-17-25)33(49)43(19(2)45)23-11-6-20(7-12-23)26-15-10-22(32(48)41-26)18-42(34(50)29(39)21-8-13-24(46)14-9-21)30-35(51)44-31(37(52)53)38(3,4)55-36(30)44/h6-15,25,27,29-31,36,40,46H,5,16-18,39H2,1-4H3,(H,41,48)(H,52,53)/t25?,27-,29?,30+,31-,36+/m0/s1. The third-order valence-corrected chi connectivity index (χ3v) is 11.6. The number of rotatable bonds is 11. The molecule has 6 N–H and O–H groups in total. The van der Waals surface area contributed by atoms with Gasteiger partial charge in [-0.05, 0) is 61.4 Å². The van der Waals surface area contributed by atoms with E-state index >= 15 is 0 Å². The molecule has 290 valence electrons. The number of amides is 4. The van der Waals surface area contributed by atoms with Crippen molar-refractivity contribution in [3.05, 3.63) is 82.1 Å². The Morgan fingerprint density at radius 1 is 1.04 bits per heavy atom. The van der Waals surface area contributed by atoms with Crippen LogP contribution in [0.5, 0.6) is 5.75 Å². The maximum Gasteiger partial charge on any atom is 0.327 e. The van der Waals surface area contributed by atoms with Crippen LogP contribution < -0.4 is 21.5 Å². The molecule has 3 fully saturated rings. The molecule has 0 bridgehead atoms. The number of ether oxygens (including phenoxy) is 1. The summed E-state index contributed by atoms with van der Waals surface area (Å²) in [5, 5.41) is 22.0. The van der Waals surface area contributed by atoms with Gasteiger partial charge in [0.1, 0.15) is 35.4 Å². The summed E-state index contributed by atoms with van der Waals surface area (Å²) < 4.78 is 4.48. The summed E-state index contributed by atoms with van der Waals surface area (Å²) in [4.78, 5) is 97.5. The molecule has 6 atom stereocenters. The van der Waals surface area contributed by atoms with Gasteiger partial charge in [-0.1, -0.05) is 31.2 Å². The van der Waals surface area contributed by atoms with Gasteiger partial charge >= 0.3 is 11.9 Å². The zero-order chi connectivity index (χ0) is 39.9. The van der Waals surface area contributed by atoms with Gasteiger partial charge in [0.05, 0.1) is 18.3 Å². The van der Waals surface area contributed by atoms with Crippen molar-refractivity contribution in [3.63, 3.8) is 0 Å². The number of phenols is 1. The lowest BCUT2D eigenvalue weighted by Crippen LogP contribution is -2.71. The van der Waals surface area contributed by atoms with Gasteiger partial charge in [-0.15, -0.1) is 11.8 Å². The van der Waals surface area contributed by atoms with E-state index in [1.807, 2.05) is 0 Å². The summed E-state index contributed by atoms with van der Waals surface area (Å²) in [6.07, 6.45) is -0.0567. The van der Waals surface area contributed by atoms with Crippen LogP contribution in [0.1, 0.15) is 57.7 Å². The van der Waals surface area contributed by atoms with Crippen LogP contribution in [0.2, 0.25) is 0 Å². The van der Waals surface area contributed by atoms with E-state index in [2.05, 4.69) is 10.3 Å². The molecule has 2 aromatic carbocycles. The van der Waals surface area contributed by atoms with Gasteiger partial charge in [-0.3, -0.25) is 28.8 Å². The van der Waals surface area contributed by atoms with Crippen LogP contribution in [0.4, 0.5) is 5.69 Å². The maximum atomic E-state index is 14.1. The van der Waals surface area contributed by atoms with E-state index in [-0.39, 0.29) is 43.2 Å². The van der Waals surface area contributed by atoms with Crippen molar-refractivity contribution in [2.24, 2.45) is 5.73 Å². The number of hydrogen-bond donors (Lipinski definition) is 5. The number of imide groups is 1. The van der Waals surface area contributed by atoms with Crippen LogP contribution in [0.3, 0.4) is 0 Å². The second kappa shape index (κ2) is 15.3. The number of hydrogen-bond acceptors (Lipinski definition) is 12. The van der Waals surface area contributed by atoms with Crippen molar-refractivity contribution in [3.8, 4) is 17.0 Å². The number of carboxylic acids is 1. The average Bonchev–Trinajstić information content (AvgIpc) is 3.71. The molecule has 0 aliphatic carbocycles. The smallest absolute Gasteiger partial charge is 0.327 e. The first kappa shape index (κ1) is 39.2. The Morgan fingerprint density at radius 2 is 1.71 bits per heavy atom. The Kier molecular flexibility index (Phi) is 10.9. The van der Waals surface area contributed by atoms with Gasteiger partial charge < -0.3 is 40.8 Å². The van der Waals surface area contributed by atoms with E-state index in [0.29, 0.717) is 22.5 Å². The van der Waals surface area contributed by atoms with Crippen molar-refractivity contribution < 1.29 is 43.7 Å². The number of nitrogens with zero attached hydrogens (tertiary/aromatic N) is 3. The van der Waals surface area contributed by atoms with Gasteiger partial charge in [0.25, 0.3) is 11.5 Å². The van der Waals surface area contributed by atoms with Crippen molar-refractivity contribution in [1.29, 1.82) is 0 Å². The summed E-state index contributed by atoms with van der Waals surface area (Å²) in [6.45, 7) is 6.34. The van der Waals surface area contributed by atoms with E-state index in [1.54, 1.807) is 51.1 Å². The molecule has 55 heavy (non-hydrogen) atoms. The van der Waals surface area contributed by atoms with Crippen molar-refractivity contribution >= 4 is 53.0 Å². The Bertz CT molecular complexity index is 2090. The SMILES string of the molecule is CCC(=O)OC1CN[C@H](C(=O)N(C(C)=O)c2ccc(-c3ccc(CN(C(=O)C(N)c4ccc(O)cc4)[C@@H]4C(=O)N5[C@@H]4SC(C)(C)[C@@H]5C(=O)O)c(=O)[nH]3)cc2)C1. The number of fused-ring (bicyclic) bond motifs is 1. The van der Waals surface area contributed by atoms with Crippen LogP contribution in [0, 0.1) is 0 Å². The number of carbonyl (C=O) groups is 6. The van der Waals surface area contributed by atoms with E-state index in [4.69, 9.17) is 10.5 Å². The number of aromatic nitrogens is 1. The number of phenolic OH excluding ortho intramolecular Hbond substituents is 1. The number of β-lactam (4-membered cyclic amide) rings is 1. The number of aromatic amines is 1. The third-order valence-electron chi connectivity index (χ3n) is 10.1. The minimum absolute atomic E-state index is 0.0345. The molecule has 3 aliphatic heterocycles. The van der Waals surface area contributed by atoms with Crippen LogP contribution in [0.25, 0.3) is 11.3 Å². The van der Waals surface area contributed by atoms with Gasteiger partial charge in [-0.25, -0.2) is 9.69 Å². The highest BCUT2D eigenvalue weighted by molar-refractivity contribution is 8.01. The van der Waals surface area contributed by atoms with Crippen LogP contribution in [-0.4, -0.2) is 101 Å². The van der Waals surface area contributed by atoms with E-state index < -0.39 is 75.5 Å². The quantitative estimate of drug-likeness (QED) is 0.139. The number of pyridine rings is 1. The third kappa shape index (κ3) is 7.59. The summed E-state index contributed by atoms with van der Waals surface area (Å²) in [6, 6.07) is 11.0. The molecular formula is C38H42N6O10S. The molecule has 4 heterocycles. The molecular weight excluding hydrogens is 733 g/mol. The first-order chi connectivity index (χ1) is 26.0. The highest BCUT2D eigenvalue weighted by atomic mass is 32.2. The second-order valence-electron chi connectivity index (χ2n) is 14.2. The minimum atomic E-state index is -1.26. The number of nitrogens with two attached hydrogens (primary N) is 1. The maximum absolute atomic E-state index is 14.1. The van der Waals surface area contributed by atoms with Gasteiger partial charge in [-0.2, -0.15) is 0 Å². The van der Waals surface area contributed by atoms with E-state index in [0.717, 1.165) is 4.90 Å². The number of anilines is 1. The monoisotopic (exact) mass is 774 g/mol.